The quantitative estimate of drug-likeness (QED) is 0.431. The molecule has 3 aromatic rings. The van der Waals surface area contributed by atoms with Gasteiger partial charge in [0.1, 0.15) is 11.3 Å². The summed E-state index contributed by atoms with van der Waals surface area (Å²) < 4.78 is 10.3. The largest absolute Gasteiger partial charge is 0.504 e. The highest BCUT2D eigenvalue weighted by Crippen LogP contribution is 2.31. The molecule has 1 N–H and O–H groups in total. The van der Waals surface area contributed by atoms with E-state index in [1.54, 1.807) is 12.1 Å². The molecule has 1 aromatic heterocycles. The number of hydrogen-bond acceptors (Lipinski definition) is 6. The molecule has 126 valence electrons. The zero-order valence-electron chi connectivity index (χ0n) is 13.1. The molecule has 0 radical (unpaired) electrons. The third-order valence-electron chi connectivity index (χ3n) is 3.69. The number of nitro groups is 1. The molecule has 25 heavy (non-hydrogen) atoms. The number of ketones is 1. The second-order valence-corrected chi connectivity index (χ2v) is 5.18. The molecule has 0 aliphatic heterocycles. The fraction of sp³-hybridized carbons (Fsp3) is 0.0556. The van der Waals surface area contributed by atoms with E-state index in [9.17, 15) is 20.0 Å². The summed E-state index contributed by atoms with van der Waals surface area (Å²) in [6.07, 6.45) is 1.48. The van der Waals surface area contributed by atoms with Crippen LogP contribution < -0.4 is 4.74 Å². The van der Waals surface area contributed by atoms with Crippen molar-refractivity contribution in [2.45, 2.75) is 0 Å². The van der Waals surface area contributed by atoms with Crippen molar-refractivity contribution in [3.8, 4) is 22.8 Å². The molecule has 0 bridgehead atoms. The predicted octanol–water partition coefficient (Wildman–Crippen LogP) is 3.80. The summed E-state index contributed by atoms with van der Waals surface area (Å²) in [4.78, 5) is 23.5. The lowest BCUT2D eigenvalue weighted by Gasteiger charge is -2.08. The molecule has 0 aliphatic carbocycles. The van der Waals surface area contributed by atoms with Crippen LogP contribution in [-0.2, 0) is 0 Å². The number of furan rings is 1. The normalized spacial score (nSPS) is 10.4. The molecular formula is C18H13NO6. The Morgan fingerprint density at radius 1 is 1.20 bits per heavy atom. The standard InChI is InChI=1S/C18H13NO6/c1-24-17-10-12(5-7-15(17)20)18(21)13-9-11(16-3-2-8-25-16)4-6-14(13)19(22)23/h2-10,20H,1H3. The molecule has 0 amide bonds. The Kier molecular flexibility index (Phi) is 4.21. The van der Waals surface area contributed by atoms with Crippen molar-refractivity contribution in [2.75, 3.05) is 7.11 Å². The molecule has 3 rings (SSSR count). The molecule has 0 saturated carbocycles. The van der Waals surface area contributed by atoms with E-state index >= 15 is 0 Å². The molecular weight excluding hydrogens is 326 g/mol. The molecule has 0 fully saturated rings. The van der Waals surface area contributed by atoms with Crippen molar-refractivity contribution in [1.82, 2.24) is 0 Å². The number of nitrogens with zero attached hydrogens (tertiary/aromatic N) is 1. The lowest BCUT2D eigenvalue weighted by Crippen LogP contribution is -2.06. The van der Waals surface area contributed by atoms with Gasteiger partial charge in [-0.15, -0.1) is 0 Å². The molecule has 0 spiro atoms. The van der Waals surface area contributed by atoms with Gasteiger partial charge in [0, 0.05) is 17.2 Å². The SMILES string of the molecule is COc1cc(C(=O)c2cc(-c3ccco3)ccc2[N+](=O)[O-])ccc1O. The summed E-state index contributed by atoms with van der Waals surface area (Å²) in [5, 5.41) is 20.9. The first-order chi connectivity index (χ1) is 12.0. The van der Waals surface area contributed by atoms with Gasteiger partial charge in [-0.2, -0.15) is 0 Å². The summed E-state index contributed by atoms with van der Waals surface area (Å²) in [7, 11) is 1.35. The molecule has 0 aliphatic rings. The van der Waals surface area contributed by atoms with Gasteiger partial charge in [0.15, 0.2) is 17.3 Å². The van der Waals surface area contributed by atoms with Gasteiger partial charge in [0.05, 0.1) is 18.3 Å². The maximum Gasteiger partial charge on any atom is 0.280 e. The third kappa shape index (κ3) is 3.07. The van der Waals surface area contributed by atoms with Crippen LogP contribution in [-0.4, -0.2) is 22.9 Å². The van der Waals surface area contributed by atoms with Gasteiger partial charge >= 0.3 is 0 Å². The monoisotopic (exact) mass is 339 g/mol. The summed E-state index contributed by atoms with van der Waals surface area (Å²) in [6, 6.07) is 11.6. The predicted molar refractivity (Wildman–Crippen MR) is 88.9 cm³/mol. The molecule has 0 saturated heterocycles. The van der Waals surface area contributed by atoms with Crippen LogP contribution in [0.25, 0.3) is 11.3 Å². The maximum atomic E-state index is 12.8. The smallest absolute Gasteiger partial charge is 0.280 e. The van der Waals surface area contributed by atoms with E-state index in [4.69, 9.17) is 9.15 Å². The van der Waals surface area contributed by atoms with Gasteiger partial charge in [0.25, 0.3) is 5.69 Å². The molecule has 1 heterocycles. The second kappa shape index (κ2) is 6.48. The van der Waals surface area contributed by atoms with Crippen molar-refractivity contribution in [3.05, 3.63) is 76.0 Å². The highest BCUT2D eigenvalue weighted by Gasteiger charge is 2.23. The second-order valence-electron chi connectivity index (χ2n) is 5.18. The lowest BCUT2D eigenvalue weighted by atomic mass is 9.98. The van der Waals surface area contributed by atoms with E-state index < -0.39 is 10.7 Å². The fourth-order valence-corrected chi connectivity index (χ4v) is 2.45. The summed E-state index contributed by atoms with van der Waals surface area (Å²) in [6.45, 7) is 0. The van der Waals surface area contributed by atoms with Crippen LogP contribution in [0, 0.1) is 10.1 Å². The maximum absolute atomic E-state index is 12.8. The number of ether oxygens (including phenoxy) is 1. The van der Waals surface area contributed by atoms with Crippen LogP contribution in [0.5, 0.6) is 11.5 Å². The first-order valence-corrected chi connectivity index (χ1v) is 7.25. The lowest BCUT2D eigenvalue weighted by molar-refractivity contribution is -0.385. The van der Waals surface area contributed by atoms with Crippen molar-refractivity contribution < 1.29 is 24.0 Å². The Hall–Kier alpha value is -3.61. The number of carbonyl (C=O) groups excluding carboxylic acids is 1. The fourth-order valence-electron chi connectivity index (χ4n) is 2.45. The van der Waals surface area contributed by atoms with E-state index in [1.165, 1.54) is 49.8 Å². The van der Waals surface area contributed by atoms with Crippen LogP contribution in [0.4, 0.5) is 5.69 Å². The number of hydrogen-bond donors (Lipinski definition) is 1. The van der Waals surface area contributed by atoms with Gasteiger partial charge in [0.2, 0.25) is 0 Å². The molecule has 2 aromatic carbocycles. The highest BCUT2D eigenvalue weighted by molar-refractivity contribution is 6.12. The highest BCUT2D eigenvalue weighted by atomic mass is 16.6. The van der Waals surface area contributed by atoms with Crippen molar-refractivity contribution in [1.29, 1.82) is 0 Å². The molecule has 7 nitrogen and oxygen atoms in total. The average Bonchev–Trinajstić information content (AvgIpc) is 3.15. The van der Waals surface area contributed by atoms with Crippen LogP contribution in [0.15, 0.2) is 59.2 Å². The topological polar surface area (TPSA) is 103 Å². The van der Waals surface area contributed by atoms with Crippen molar-refractivity contribution in [3.63, 3.8) is 0 Å². The number of benzene rings is 2. The average molecular weight is 339 g/mol. The number of phenolic OH excluding ortho intramolecular Hbond substituents is 1. The minimum Gasteiger partial charge on any atom is -0.504 e. The number of carbonyl (C=O) groups is 1. The zero-order valence-corrected chi connectivity index (χ0v) is 13.1. The first kappa shape index (κ1) is 16.3. The molecule has 7 heteroatoms. The van der Waals surface area contributed by atoms with Gasteiger partial charge < -0.3 is 14.3 Å². The Balaban J connectivity index is 2.12. The van der Waals surface area contributed by atoms with E-state index in [1.807, 2.05) is 0 Å². The Labute approximate surface area is 142 Å². The number of nitro benzene ring substituents is 1. The number of methoxy groups -OCH3 is 1. The van der Waals surface area contributed by atoms with Crippen LogP contribution in [0.3, 0.4) is 0 Å². The molecule has 0 atom stereocenters. The van der Waals surface area contributed by atoms with Gasteiger partial charge in [-0.3, -0.25) is 14.9 Å². The van der Waals surface area contributed by atoms with Crippen molar-refractivity contribution >= 4 is 11.5 Å². The van der Waals surface area contributed by atoms with Crippen LogP contribution >= 0.6 is 0 Å². The van der Waals surface area contributed by atoms with Gasteiger partial charge in [-0.25, -0.2) is 0 Å². The zero-order chi connectivity index (χ0) is 18.0. The van der Waals surface area contributed by atoms with Crippen LogP contribution in [0.1, 0.15) is 15.9 Å². The third-order valence-corrected chi connectivity index (χ3v) is 3.69. The van der Waals surface area contributed by atoms with E-state index in [0.29, 0.717) is 11.3 Å². The number of rotatable bonds is 5. The van der Waals surface area contributed by atoms with Gasteiger partial charge in [-0.1, -0.05) is 0 Å². The summed E-state index contributed by atoms with van der Waals surface area (Å²) in [5.41, 5.74) is 0.318. The summed E-state index contributed by atoms with van der Waals surface area (Å²) in [5.74, 6) is -0.0841. The Morgan fingerprint density at radius 2 is 2.00 bits per heavy atom. The van der Waals surface area contributed by atoms with Crippen LogP contribution in [0.2, 0.25) is 0 Å². The Bertz CT molecular complexity index is 946. The minimum atomic E-state index is -0.614. The minimum absolute atomic E-state index is 0.0772. The van der Waals surface area contributed by atoms with Gasteiger partial charge in [-0.05, 0) is 42.5 Å². The summed E-state index contributed by atoms with van der Waals surface area (Å²) >= 11 is 0. The van der Waals surface area contributed by atoms with E-state index in [0.717, 1.165) is 0 Å². The molecule has 0 unspecified atom stereocenters. The first-order valence-electron chi connectivity index (χ1n) is 7.25. The van der Waals surface area contributed by atoms with E-state index in [2.05, 4.69) is 0 Å². The van der Waals surface area contributed by atoms with E-state index in [-0.39, 0.29) is 28.3 Å². The number of aromatic hydroxyl groups is 1. The van der Waals surface area contributed by atoms with Crippen molar-refractivity contribution in [2.24, 2.45) is 0 Å². The number of phenols is 1. The Morgan fingerprint density at radius 3 is 2.64 bits per heavy atom.